The number of para-hydroxylation sites is 1. The predicted octanol–water partition coefficient (Wildman–Crippen LogP) is 3.12. The molecule has 0 spiro atoms. The van der Waals surface area contributed by atoms with Crippen molar-refractivity contribution in [3.8, 4) is 11.1 Å². The van der Waals surface area contributed by atoms with E-state index in [1.54, 1.807) is 7.11 Å². The minimum Gasteiger partial charge on any atom is -0.383 e. The smallest absolute Gasteiger partial charge is 0.319 e. The second kappa shape index (κ2) is 7.31. The highest BCUT2D eigenvalue weighted by Crippen LogP contribution is 2.27. The van der Waals surface area contributed by atoms with E-state index in [2.05, 4.69) is 10.6 Å². The monoisotopic (exact) mass is 270 g/mol. The van der Waals surface area contributed by atoms with Crippen molar-refractivity contribution in [3.63, 3.8) is 0 Å². The van der Waals surface area contributed by atoms with Gasteiger partial charge in [-0.15, -0.1) is 0 Å². The van der Waals surface area contributed by atoms with Crippen molar-refractivity contribution in [3.05, 3.63) is 54.6 Å². The quantitative estimate of drug-likeness (QED) is 0.820. The van der Waals surface area contributed by atoms with Crippen LogP contribution in [0.15, 0.2) is 54.6 Å². The fourth-order valence-corrected chi connectivity index (χ4v) is 1.89. The van der Waals surface area contributed by atoms with Gasteiger partial charge in [0.25, 0.3) is 0 Å². The molecule has 0 saturated carbocycles. The zero-order chi connectivity index (χ0) is 14.2. The van der Waals surface area contributed by atoms with Gasteiger partial charge < -0.3 is 15.4 Å². The van der Waals surface area contributed by atoms with E-state index in [1.807, 2.05) is 54.6 Å². The van der Waals surface area contributed by atoms with Crippen LogP contribution < -0.4 is 10.6 Å². The van der Waals surface area contributed by atoms with Crippen LogP contribution in [0.4, 0.5) is 10.5 Å². The third-order valence-corrected chi connectivity index (χ3v) is 2.85. The van der Waals surface area contributed by atoms with Crippen molar-refractivity contribution >= 4 is 11.7 Å². The fourth-order valence-electron chi connectivity index (χ4n) is 1.89. The molecule has 104 valence electrons. The SMILES string of the molecule is COCCNC(=O)Nc1ccccc1-c1ccccc1. The summed E-state index contributed by atoms with van der Waals surface area (Å²) in [4.78, 5) is 11.8. The lowest BCUT2D eigenvalue weighted by Crippen LogP contribution is -2.31. The summed E-state index contributed by atoms with van der Waals surface area (Å²) in [5.74, 6) is 0. The molecular weight excluding hydrogens is 252 g/mol. The normalized spacial score (nSPS) is 10.1. The minimum atomic E-state index is -0.231. The number of carbonyl (C=O) groups is 1. The van der Waals surface area contributed by atoms with E-state index in [0.717, 1.165) is 16.8 Å². The van der Waals surface area contributed by atoms with Crippen molar-refractivity contribution in [2.45, 2.75) is 0 Å². The Bertz CT molecular complexity index is 555. The van der Waals surface area contributed by atoms with Crippen LogP contribution in [0, 0.1) is 0 Å². The number of rotatable bonds is 5. The van der Waals surface area contributed by atoms with Crippen LogP contribution in [0.25, 0.3) is 11.1 Å². The van der Waals surface area contributed by atoms with Gasteiger partial charge in [0, 0.05) is 19.2 Å². The van der Waals surface area contributed by atoms with Gasteiger partial charge in [-0.2, -0.15) is 0 Å². The third-order valence-electron chi connectivity index (χ3n) is 2.85. The maximum atomic E-state index is 11.8. The summed E-state index contributed by atoms with van der Waals surface area (Å²) < 4.78 is 4.89. The molecule has 20 heavy (non-hydrogen) atoms. The molecule has 0 fully saturated rings. The van der Waals surface area contributed by atoms with E-state index >= 15 is 0 Å². The molecule has 4 nitrogen and oxygen atoms in total. The summed E-state index contributed by atoms with van der Waals surface area (Å²) in [6, 6.07) is 17.5. The summed E-state index contributed by atoms with van der Waals surface area (Å²) in [7, 11) is 1.60. The van der Waals surface area contributed by atoms with Crippen molar-refractivity contribution in [1.29, 1.82) is 0 Å². The Morgan fingerprint density at radius 3 is 2.50 bits per heavy atom. The number of amides is 2. The first kappa shape index (κ1) is 14.1. The first-order chi connectivity index (χ1) is 9.81. The van der Waals surface area contributed by atoms with E-state index in [4.69, 9.17) is 4.74 Å². The number of benzene rings is 2. The lowest BCUT2D eigenvalue weighted by atomic mass is 10.0. The summed E-state index contributed by atoms with van der Waals surface area (Å²) >= 11 is 0. The number of urea groups is 1. The molecule has 0 bridgehead atoms. The Morgan fingerprint density at radius 1 is 1.05 bits per heavy atom. The molecule has 0 aliphatic heterocycles. The second-order valence-electron chi connectivity index (χ2n) is 4.29. The highest BCUT2D eigenvalue weighted by molar-refractivity contribution is 5.94. The number of hydrogen-bond acceptors (Lipinski definition) is 2. The van der Waals surface area contributed by atoms with Gasteiger partial charge in [-0.05, 0) is 11.6 Å². The van der Waals surface area contributed by atoms with E-state index in [-0.39, 0.29) is 6.03 Å². The van der Waals surface area contributed by atoms with Crippen LogP contribution in [0.3, 0.4) is 0 Å². The molecule has 0 aliphatic carbocycles. The number of carbonyl (C=O) groups excluding carboxylic acids is 1. The van der Waals surface area contributed by atoms with Gasteiger partial charge in [0.2, 0.25) is 0 Å². The highest BCUT2D eigenvalue weighted by Gasteiger charge is 2.07. The largest absolute Gasteiger partial charge is 0.383 e. The summed E-state index contributed by atoms with van der Waals surface area (Å²) in [5.41, 5.74) is 2.85. The number of anilines is 1. The average molecular weight is 270 g/mol. The molecule has 2 aromatic carbocycles. The lowest BCUT2D eigenvalue weighted by molar-refractivity contribution is 0.198. The van der Waals surface area contributed by atoms with Gasteiger partial charge in [-0.1, -0.05) is 48.5 Å². The number of methoxy groups -OCH3 is 1. The molecule has 0 unspecified atom stereocenters. The fraction of sp³-hybridized carbons (Fsp3) is 0.188. The molecular formula is C16H18N2O2. The van der Waals surface area contributed by atoms with Crippen LogP contribution in [0.1, 0.15) is 0 Å². The zero-order valence-corrected chi connectivity index (χ0v) is 11.4. The first-order valence-electron chi connectivity index (χ1n) is 6.49. The molecule has 0 radical (unpaired) electrons. The van der Waals surface area contributed by atoms with Gasteiger partial charge in [-0.3, -0.25) is 0 Å². The van der Waals surface area contributed by atoms with Crippen molar-refractivity contribution in [2.24, 2.45) is 0 Å². The first-order valence-corrected chi connectivity index (χ1v) is 6.49. The Morgan fingerprint density at radius 2 is 1.75 bits per heavy atom. The van der Waals surface area contributed by atoms with Gasteiger partial charge in [-0.25, -0.2) is 4.79 Å². The summed E-state index contributed by atoms with van der Waals surface area (Å²) in [6.45, 7) is 0.976. The Balaban J connectivity index is 2.11. The third kappa shape index (κ3) is 3.83. The van der Waals surface area contributed by atoms with Crippen molar-refractivity contribution in [1.82, 2.24) is 5.32 Å². The van der Waals surface area contributed by atoms with Crippen molar-refractivity contribution in [2.75, 3.05) is 25.6 Å². The molecule has 2 aromatic rings. The topological polar surface area (TPSA) is 50.4 Å². The molecule has 0 aliphatic rings. The van der Waals surface area contributed by atoms with Crippen LogP contribution in [-0.2, 0) is 4.74 Å². The summed E-state index contributed by atoms with van der Waals surface area (Å²) in [5, 5.41) is 5.60. The van der Waals surface area contributed by atoms with Crippen LogP contribution in [-0.4, -0.2) is 26.3 Å². The molecule has 2 rings (SSSR count). The molecule has 0 heterocycles. The maximum absolute atomic E-state index is 11.8. The van der Waals surface area contributed by atoms with Crippen LogP contribution >= 0.6 is 0 Å². The predicted molar refractivity (Wildman–Crippen MR) is 80.8 cm³/mol. The van der Waals surface area contributed by atoms with Crippen LogP contribution in [0.5, 0.6) is 0 Å². The van der Waals surface area contributed by atoms with Gasteiger partial charge in [0.05, 0.1) is 12.3 Å². The molecule has 2 N–H and O–H groups in total. The van der Waals surface area contributed by atoms with Gasteiger partial charge >= 0.3 is 6.03 Å². The second-order valence-corrected chi connectivity index (χ2v) is 4.29. The van der Waals surface area contributed by atoms with E-state index < -0.39 is 0 Å². The molecule has 2 amide bonds. The average Bonchev–Trinajstić information content (AvgIpc) is 2.49. The number of ether oxygens (including phenoxy) is 1. The van der Waals surface area contributed by atoms with Crippen LogP contribution in [0.2, 0.25) is 0 Å². The molecule has 0 atom stereocenters. The van der Waals surface area contributed by atoms with E-state index in [1.165, 1.54) is 0 Å². The number of nitrogens with one attached hydrogen (secondary N) is 2. The molecule has 0 saturated heterocycles. The zero-order valence-electron chi connectivity index (χ0n) is 11.4. The Kier molecular flexibility index (Phi) is 5.15. The lowest BCUT2D eigenvalue weighted by Gasteiger charge is -2.12. The Hall–Kier alpha value is -2.33. The van der Waals surface area contributed by atoms with Gasteiger partial charge in [0.1, 0.15) is 0 Å². The minimum absolute atomic E-state index is 0.231. The highest BCUT2D eigenvalue weighted by atomic mass is 16.5. The van der Waals surface area contributed by atoms with E-state index in [9.17, 15) is 4.79 Å². The molecule has 0 aromatic heterocycles. The maximum Gasteiger partial charge on any atom is 0.319 e. The summed E-state index contributed by atoms with van der Waals surface area (Å²) in [6.07, 6.45) is 0. The number of hydrogen-bond donors (Lipinski definition) is 2. The standard InChI is InChI=1S/C16H18N2O2/c1-20-12-11-17-16(19)18-15-10-6-5-9-14(15)13-7-3-2-4-8-13/h2-10H,11-12H2,1H3,(H2,17,18,19). The molecule has 4 heteroatoms. The van der Waals surface area contributed by atoms with E-state index in [0.29, 0.717) is 13.2 Å². The Labute approximate surface area is 118 Å². The van der Waals surface area contributed by atoms with Crippen molar-refractivity contribution < 1.29 is 9.53 Å². The van der Waals surface area contributed by atoms with Gasteiger partial charge in [0.15, 0.2) is 0 Å².